The average Bonchev–Trinajstić information content (AvgIpc) is 2.35. The summed E-state index contributed by atoms with van der Waals surface area (Å²) in [4.78, 5) is 22.2. The molecule has 3 nitrogen and oxygen atoms in total. The molecule has 0 amide bonds. The lowest BCUT2D eigenvalue weighted by Crippen LogP contribution is -2.23. The van der Waals surface area contributed by atoms with Gasteiger partial charge in [-0.15, -0.1) is 0 Å². The van der Waals surface area contributed by atoms with Crippen molar-refractivity contribution in [2.24, 2.45) is 0 Å². The van der Waals surface area contributed by atoms with Gasteiger partial charge in [0.15, 0.2) is 5.78 Å². The summed E-state index contributed by atoms with van der Waals surface area (Å²) >= 11 is 0. The van der Waals surface area contributed by atoms with Crippen LogP contribution in [-0.4, -0.2) is 16.9 Å². The van der Waals surface area contributed by atoms with Crippen LogP contribution in [0.1, 0.15) is 11.1 Å². The molecule has 0 aromatic heterocycles. The van der Waals surface area contributed by atoms with E-state index in [4.69, 9.17) is 5.11 Å². The van der Waals surface area contributed by atoms with Gasteiger partial charge in [0.1, 0.15) is 0 Å². The molecule has 1 aromatic rings. The number of allylic oxidation sites excluding steroid dienone is 2. The van der Waals surface area contributed by atoms with Gasteiger partial charge in [-0.2, -0.15) is 0 Å². The molecule has 0 saturated heterocycles. The fourth-order valence-electron chi connectivity index (χ4n) is 2.25. The number of carboxylic acids is 1. The molecule has 3 rings (SSSR count). The summed E-state index contributed by atoms with van der Waals surface area (Å²) in [6.45, 7) is 0. The summed E-state index contributed by atoms with van der Waals surface area (Å²) in [5.74, 6) is -0.917. The highest BCUT2D eigenvalue weighted by molar-refractivity contribution is 6.16. The minimum atomic E-state index is -0.907. The number of carbonyl (C=O) groups excluding carboxylic acids is 1. The number of ketones is 1. The maximum Gasteiger partial charge on any atom is 0.335 e. The number of carboxylic acid groups (broad SMARTS) is 1. The van der Waals surface area contributed by atoms with Crippen LogP contribution in [0.5, 0.6) is 0 Å². The Hall–Kier alpha value is -2.42. The lowest BCUT2D eigenvalue weighted by atomic mass is 9.94. The first-order valence-electron chi connectivity index (χ1n) is 5.65. The maximum absolute atomic E-state index is 11.3. The zero-order valence-electron chi connectivity index (χ0n) is 9.51. The molecule has 0 saturated carbocycles. The highest BCUT2D eigenvalue weighted by Gasteiger charge is 2.11. The molecule has 3 heteroatoms. The minimum Gasteiger partial charge on any atom is -0.478 e. The van der Waals surface area contributed by atoms with E-state index < -0.39 is 5.97 Å². The highest BCUT2D eigenvalue weighted by atomic mass is 16.4. The van der Waals surface area contributed by atoms with Crippen LogP contribution in [0.4, 0.5) is 0 Å². The van der Waals surface area contributed by atoms with Crippen LogP contribution < -0.4 is 10.4 Å². The van der Waals surface area contributed by atoms with E-state index in [1.165, 1.54) is 6.08 Å². The van der Waals surface area contributed by atoms with Crippen molar-refractivity contribution in [1.29, 1.82) is 0 Å². The molecule has 0 aliphatic heterocycles. The summed E-state index contributed by atoms with van der Waals surface area (Å²) in [6.07, 6.45) is 8.85. The topological polar surface area (TPSA) is 54.4 Å². The van der Waals surface area contributed by atoms with Crippen molar-refractivity contribution in [2.75, 3.05) is 0 Å². The first-order valence-corrected chi connectivity index (χ1v) is 5.65. The molecule has 0 fully saturated rings. The third-order valence-electron chi connectivity index (χ3n) is 3.17. The molecular weight excluding hydrogens is 228 g/mol. The molecule has 1 aromatic carbocycles. The summed E-state index contributed by atoms with van der Waals surface area (Å²) in [6, 6.07) is 3.89. The van der Waals surface area contributed by atoms with Gasteiger partial charge in [0.05, 0.1) is 5.57 Å². The van der Waals surface area contributed by atoms with E-state index in [1.54, 1.807) is 24.3 Å². The molecular formula is C15H10O3. The molecule has 0 bridgehead atoms. The van der Waals surface area contributed by atoms with Crippen LogP contribution in [0.2, 0.25) is 0 Å². The molecule has 18 heavy (non-hydrogen) atoms. The van der Waals surface area contributed by atoms with Crippen LogP contribution >= 0.6 is 0 Å². The van der Waals surface area contributed by atoms with Crippen LogP contribution in [0.25, 0.3) is 18.2 Å². The van der Waals surface area contributed by atoms with Crippen molar-refractivity contribution in [3.63, 3.8) is 0 Å². The van der Waals surface area contributed by atoms with E-state index in [0.29, 0.717) is 12.0 Å². The normalized spacial score (nSPS) is 16.0. The van der Waals surface area contributed by atoms with Gasteiger partial charge in [0.25, 0.3) is 0 Å². The Kier molecular flexibility index (Phi) is 2.27. The van der Waals surface area contributed by atoms with Crippen molar-refractivity contribution < 1.29 is 14.7 Å². The summed E-state index contributed by atoms with van der Waals surface area (Å²) in [5, 5.41) is 10.8. The summed E-state index contributed by atoms with van der Waals surface area (Å²) < 4.78 is 0. The SMILES string of the molecule is O=C1C=Cc2cc3c(cc2=C1)CC=C(C(=O)O)C=3. The molecule has 0 spiro atoms. The number of hydrogen-bond donors (Lipinski definition) is 1. The van der Waals surface area contributed by atoms with E-state index in [9.17, 15) is 9.59 Å². The number of carbonyl (C=O) groups is 2. The van der Waals surface area contributed by atoms with E-state index in [2.05, 4.69) is 0 Å². The van der Waals surface area contributed by atoms with Crippen molar-refractivity contribution in [1.82, 2.24) is 0 Å². The standard InChI is InChI=1S/C15H10O3/c16-14-4-3-10-5-12-7-11(15(17)18)2-1-9(12)6-13(10)8-14/h2-8H,1H2,(H,17,18). The molecule has 0 radical (unpaired) electrons. The third kappa shape index (κ3) is 1.70. The molecule has 0 unspecified atom stereocenters. The van der Waals surface area contributed by atoms with Gasteiger partial charge in [-0.1, -0.05) is 18.2 Å². The van der Waals surface area contributed by atoms with Crippen molar-refractivity contribution in [2.45, 2.75) is 6.42 Å². The van der Waals surface area contributed by atoms with E-state index in [0.717, 1.165) is 21.6 Å². The third-order valence-corrected chi connectivity index (χ3v) is 3.17. The molecule has 2 aliphatic rings. The second-order valence-electron chi connectivity index (χ2n) is 4.37. The Labute approximate surface area is 103 Å². The largest absolute Gasteiger partial charge is 0.478 e. The van der Waals surface area contributed by atoms with E-state index >= 15 is 0 Å². The van der Waals surface area contributed by atoms with Gasteiger partial charge in [0, 0.05) is 0 Å². The predicted octanol–water partition coefficient (Wildman–Crippen LogP) is 0.411. The Morgan fingerprint density at radius 2 is 1.94 bits per heavy atom. The van der Waals surface area contributed by atoms with Gasteiger partial charge in [-0.05, 0) is 52.3 Å². The molecule has 0 atom stereocenters. The maximum atomic E-state index is 11.3. The second kappa shape index (κ2) is 3.81. The smallest absolute Gasteiger partial charge is 0.335 e. The van der Waals surface area contributed by atoms with Gasteiger partial charge in [-0.3, -0.25) is 4.79 Å². The minimum absolute atomic E-state index is 0.0102. The zero-order valence-corrected chi connectivity index (χ0v) is 9.51. The molecule has 88 valence electrons. The van der Waals surface area contributed by atoms with Crippen LogP contribution in [0.15, 0.2) is 29.9 Å². The number of aliphatic carboxylic acids is 1. The summed E-state index contributed by atoms with van der Waals surface area (Å²) in [7, 11) is 0. The Morgan fingerprint density at radius 3 is 2.72 bits per heavy atom. The number of fused-ring (bicyclic) bond motifs is 2. The quantitative estimate of drug-likeness (QED) is 0.771. The van der Waals surface area contributed by atoms with Crippen molar-refractivity contribution in [3.8, 4) is 0 Å². The second-order valence-corrected chi connectivity index (χ2v) is 4.37. The highest BCUT2D eigenvalue weighted by Crippen LogP contribution is 2.09. The van der Waals surface area contributed by atoms with Gasteiger partial charge in [0.2, 0.25) is 0 Å². The van der Waals surface area contributed by atoms with E-state index in [-0.39, 0.29) is 5.78 Å². The van der Waals surface area contributed by atoms with Crippen LogP contribution in [0, 0.1) is 0 Å². The Morgan fingerprint density at radius 1 is 1.11 bits per heavy atom. The Balaban J connectivity index is 2.23. The van der Waals surface area contributed by atoms with Crippen molar-refractivity contribution >= 4 is 30.0 Å². The molecule has 2 aliphatic carbocycles. The zero-order chi connectivity index (χ0) is 12.7. The summed E-state index contributed by atoms with van der Waals surface area (Å²) in [5.41, 5.74) is 2.33. The van der Waals surface area contributed by atoms with Gasteiger partial charge in [-0.25, -0.2) is 4.79 Å². The molecule has 0 heterocycles. The molecule has 1 N–H and O–H groups in total. The number of benzene rings is 1. The average molecular weight is 238 g/mol. The lowest BCUT2D eigenvalue weighted by molar-refractivity contribution is -0.132. The van der Waals surface area contributed by atoms with Gasteiger partial charge >= 0.3 is 5.97 Å². The van der Waals surface area contributed by atoms with Gasteiger partial charge < -0.3 is 5.11 Å². The fourth-order valence-corrected chi connectivity index (χ4v) is 2.25. The van der Waals surface area contributed by atoms with Crippen LogP contribution in [0.3, 0.4) is 0 Å². The number of rotatable bonds is 1. The van der Waals surface area contributed by atoms with E-state index in [1.807, 2.05) is 12.1 Å². The van der Waals surface area contributed by atoms with Crippen molar-refractivity contribution in [3.05, 3.63) is 51.4 Å². The first-order chi connectivity index (χ1) is 8.63. The monoisotopic (exact) mass is 238 g/mol. The fraction of sp³-hybridized carbons (Fsp3) is 0.0667. The van der Waals surface area contributed by atoms with Crippen LogP contribution in [-0.2, 0) is 16.0 Å². The first kappa shape index (κ1) is 10.7. The Bertz CT molecular complexity index is 749. The number of hydrogen-bond acceptors (Lipinski definition) is 2. The lowest BCUT2D eigenvalue weighted by Gasteiger charge is -2.10. The predicted molar refractivity (Wildman–Crippen MR) is 68.1 cm³/mol.